The van der Waals surface area contributed by atoms with E-state index in [4.69, 9.17) is 9.40 Å². The highest BCUT2D eigenvalue weighted by Gasteiger charge is 2.20. The van der Waals surface area contributed by atoms with E-state index in [-0.39, 0.29) is 0 Å². The predicted octanol–water partition coefficient (Wildman–Crippen LogP) is 16.8. The number of furan rings is 1. The molecular weight excluding hydrogens is 775 g/mol. The van der Waals surface area contributed by atoms with Crippen LogP contribution in [0.1, 0.15) is 0 Å². The largest absolute Gasteiger partial charge is 0.456 e. The third kappa shape index (κ3) is 6.18. The molecule has 62 heavy (non-hydrogen) atoms. The lowest BCUT2D eigenvalue weighted by Crippen LogP contribution is -2.10. The van der Waals surface area contributed by atoms with E-state index in [2.05, 4.69) is 222 Å². The lowest BCUT2D eigenvalue weighted by Gasteiger charge is -2.26. The van der Waals surface area contributed by atoms with Crippen molar-refractivity contribution in [3.63, 3.8) is 0 Å². The van der Waals surface area contributed by atoms with Gasteiger partial charge in [-0.05, 0) is 107 Å². The van der Waals surface area contributed by atoms with E-state index in [1.54, 1.807) is 11.3 Å². The van der Waals surface area contributed by atoms with Crippen LogP contribution >= 0.6 is 11.3 Å². The molecule has 0 saturated heterocycles. The maximum Gasteiger partial charge on any atom is 0.135 e. The van der Waals surface area contributed by atoms with Crippen LogP contribution in [-0.4, -0.2) is 4.98 Å². The number of rotatable bonds is 8. The molecule has 0 aliphatic rings. The van der Waals surface area contributed by atoms with Crippen molar-refractivity contribution in [3.8, 4) is 21.7 Å². The first kappa shape index (κ1) is 35.9. The first-order valence-corrected chi connectivity index (χ1v) is 21.7. The number of hydrogen-bond acceptors (Lipinski definition) is 5. The second-order valence-electron chi connectivity index (χ2n) is 15.6. The Morgan fingerprint density at radius 3 is 1.56 bits per heavy atom. The van der Waals surface area contributed by atoms with Crippen molar-refractivity contribution in [1.29, 1.82) is 0 Å². The second kappa shape index (κ2) is 14.9. The fraction of sp³-hybridized carbons (Fsp3) is 0. The van der Waals surface area contributed by atoms with Gasteiger partial charge in [-0.15, -0.1) is 11.3 Å². The van der Waals surface area contributed by atoms with Gasteiger partial charge in [0, 0.05) is 61.2 Å². The van der Waals surface area contributed by atoms with E-state index in [1.807, 2.05) is 12.1 Å². The van der Waals surface area contributed by atoms with Gasteiger partial charge in [-0.3, -0.25) is 0 Å². The van der Waals surface area contributed by atoms with Crippen LogP contribution in [0.3, 0.4) is 0 Å². The Morgan fingerprint density at radius 1 is 0.323 bits per heavy atom. The van der Waals surface area contributed by atoms with Crippen LogP contribution in [0.2, 0.25) is 0 Å². The van der Waals surface area contributed by atoms with E-state index in [0.717, 1.165) is 77.5 Å². The van der Waals surface area contributed by atoms with Crippen LogP contribution in [-0.2, 0) is 0 Å². The summed E-state index contributed by atoms with van der Waals surface area (Å²) in [5.41, 5.74) is 12.7. The van der Waals surface area contributed by atoms with Crippen molar-refractivity contribution in [3.05, 3.63) is 224 Å². The quantitative estimate of drug-likeness (QED) is 0.143. The van der Waals surface area contributed by atoms with Gasteiger partial charge in [0.15, 0.2) is 0 Å². The second-order valence-corrected chi connectivity index (χ2v) is 16.6. The predicted molar refractivity (Wildman–Crippen MR) is 262 cm³/mol. The van der Waals surface area contributed by atoms with Gasteiger partial charge < -0.3 is 14.2 Å². The standard InChI is InChI=1S/C57H37N3OS/c1-4-15-38(16-5-1)39-27-29-43(30-28-39)60(46-32-34-54-52(37-46)48-24-12-13-26-53(48)61-54)44-22-14-17-40(35-44)57-58-55-49-25-11-10-23-47(49)51-36-45(31-33-50(51)56(55)62-57)59(41-18-6-2-7-19-41)42-20-8-3-9-21-42/h1-37H. The molecule has 0 N–H and O–H groups in total. The summed E-state index contributed by atoms with van der Waals surface area (Å²) >= 11 is 1.76. The Kier molecular flexibility index (Phi) is 8.65. The zero-order valence-corrected chi connectivity index (χ0v) is 34.3. The molecule has 10 aromatic carbocycles. The minimum Gasteiger partial charge on any atom is -0.456 e. The molecule has 2 aromatic heterocycles. The van der Waals surface area contributed by atoms with Gasteiger partial charge in [-0.1, -0.05) is 140 Å². The van der Waals surface area contributed by atoms with Gasteiger partial charge in [-0.2, -0.15) is 0 Å². The highest BCUT2D eigenvalue weighted by molar-refractivity contribution is 7.22. The van der Waals surface area contributed by atoms with Gasteiger partial charge >= 0.3 is 0 Å². The number of para-hydroxylation sites is 3. The summed E-state index contributed by atoms with van der Waals surface area (Å²) in [5, 5.41) is 7.92. The molecule has 0 atom stereocenters. The number of aromatic nitrogens is 1. The van der Waals surface area contributed by atoms with Crippen LogP contribution in [0, 0.1) is 0 Å². The first-order chi connectivity index (χ1) is 30.7. The van der Waals surface area contributed by atoms with E-state index in [1.165, 1.54) is 32.0 Å². The van der Waals surface area contributed by atoms with Gasteiger partial charge in [0.2, 0.25) is 0 Å². The summed E-state index contributed by atoms with van der Waals surface area (Å²) < 4.78 is 7.44. The zero-order chi connectivity index (χ0) is 41.0. The van der Waals surface area contributed by atoms with Crippen LogP contribution in [0.5, 0.6) is 0 Å². The Labute approximate surface area is 362 Å². The SMILES string of the molecule is c1ccc(-c2ccc(N(c3cccc(-c4nc5c6ccccc6c6cc(N(c7ccccc7)c7ccccc7)ccc6c5s4)c3)c3ccc4oc5ccccc5c4c3)cc2)cc1. The number of thiazole rings is 1. The molecule has 0 saturated carbocycles. The molecule has 0 aliphatic carbocycles. The van der Waals surface area contributed by atoms with Crippen LogP contribution in [0.15, 0.2) is 229 Å². The molecule has 2 heterocycles. The number of nitrogens with zero attached hydrogens (tertiary/aromatic N) is 3. The Balaban J connectivity index is 1.00. The van der Waals surface area contributed by atoms with Crippen molar-refractivity contribution in [2.75, 3.05) is 9.80 Å². The van der Waals surface area contributed by atoms with Crippen LogP contribution < -0.4 is 9.80 Å². The Morgan fingerprint density at radius 2 is 0.823 bits per heavy atom. The van der Waals surface area contributed by atoms with E-state index in [9.17, 15) is 0 Å². The fourth-order valence-corrected chi connectivity index (χ4v) is 10.1. The molecule has 0 radical (unpaired) electrons. The maximum atomic E-state index is 6.26. The van der Waals surface area contributed by atoms with Crippen molar-refractivity contribution in [2.45, 2.75) is 0 Å². The molecule has 4 nitrogen and oxygen atoms in total. The molecule has 292 valence electrons. The van der Waals surface area contributed by atoms with E-state index in [0.29, 0.717) is 0 Å². The van der Waals surface area contributed by atoms with Crippen molar-refractivity contribution in [2.24, 2.45) is 0 Å². The first-order valence-electron chi connectivity index (χ1n) is 20.9. The number of fused-ring (bicyclic) bond motifs is 9. The van der Waals surface area contributed by atoms with Crippen molar-refractivity contribution in [1.82, 2.24) is 4.98 Å². The van der Waals surface area contributed by atoms with Crippen LogP contribution in [0.4, 0.5) is 34.1 Å². The molecule has 0 aliphatic heterocycles. The lowest BCUT2D eigenvalue weighted by atomic mass is 9.99. The smallest absolute Gasteiger partial charge is 0.135 e. The summed E-state index contributed by atoms with van der Waals surface area (Å²) in [5.74, 6) is 0. The minimum absolute atomic E-state index is 0.872. The van der Waals surface area contributed by atoms with Crippen molar-refractivity contribution >= 4 is 99.2 Å². The van der Waals surface area contributed by atoms with Crippen molar-refractivity contribution < 1.29 is 4.42 Å². The monoisotopic (exact) mass is 811 g/mol. The molecule has 0 fully saturated rings. The molecule has 0 unspecified atom stereocenters. The maximum absolute atomic E-state index is 6.26. The molecule has 0 bridgehead atoms. The van der Waals surface area contributed by atoms with E-state index >= 15 is 0 Å². The number of benzene rings is 10. The number of anilines is 6. The summed E-state index contributed by atoms with van der Waals surface area (Å²) in [6, 6.07) is 79.7. The summed E-state index contributed by atoms with van der Waals surface area (Å²) in [6.45, 7) is 0. The third-order valence-corrected chi connectivity index (χ3v) is 13.0. The molecule has 5 heteroatoms. The lowest BCUT2D eigenvalue weighted by molar-refractivity contribution is 0.669. The fourth-order valence-electron chi connectivity index (χ4n) is 8.94. The van der Waals surface area contributed by atoms with Gasteiger partial charge in [0.1, 0.15) is 16.2 Å². The minimum atomic E-state index is 0.872. The molecule has 12 rings (SSSR count). The number of hydrogen-bond donors (Lipinski definition) is 0. The van der Waals surface area contributed by atoms with Gasteiger partial charge in [0.05, 0.1) is 10.2 Å². The van der Waals surface area contributed by atoms with Crippen LogP contribution in [0.25, 0.3) is 75.4 Å². The topological polar surface area (TPSA) is 32.5 Å². The van der Waals surface area contributed by atoms with Gasteiger partial charge in [-0.25, -0.2) is 4.98 Å². The third-order valence-electron chi connectivity index (χ3n) is 11.8. The average Bonchev–Trinajstić information content (AvgIpc) is 3.96. The molecular formula is C57H37N3OS. The van der Waals surface area contributed by atoms with E-state index < -0.39 is 0 Å². The highest BCUT2D eigenvalue weighted by atomic mass is 32.1. The molecule has 0 spiro atoms. The summed E-state index contributed by atoms with van der Waals surface area (Å²) in [7, 11) is 0. The summed E-state index contributed by atoms with van der Waals surface area (Å²) in [4.78, 5) is 10.1. The molecule has 12 aromatic rings. The Hall–Kier alpha value is -7.99. The average molecular weight is 812 g/mol. The molecule has 0 amide bonds. The normalized spacial score (nSPS) is 11.5. The summed E-state index contributed by atoms with van der Waals surface area (Å²) in [6.07, 6.45) is 0. The highest BCUT2D eigenvalue weighted by Crippen LogP contribution is 2.45. The van der Waals surface area contributed by atoms with Gasteiger partial charge in [0.25, 0.3) is 0 Å². The zero-order valence-electron chi connectivity index (χ0n) is 33.5. The Bertz CT molecular complexity index is 3540.